The number of benzene rings is 1. The molecule has 0 saturated heterocycles. The summed E-state index contributed by atoms with van der Waals surface area (Å²) in [6.45, 7) is 4.04. The van der Waals surface area contributed by atoms with Gasteiger partial charge in [0.1, 0.15) is 5.75 Å². The summed E-state index contributed by atoms with van der Waals surface area (Å²) in [5.74, 6) is -0.589. The maximum Gasteiger partial charge on any atom is 0.227 e. The van der Waals surface area contributed by atoms with Crippen molar-refractivity contribution in [3.05, 3.63) is 24.3 Å². The molecule has 0 aliphatic carbocycles. The molecule has 2 amide bonds. The first-order valence-electron chi connectivity index (χ1n) is 5.85. The lowest BCUT2D eigenvalue weighted by molar-refractivity contribution is -0.125. The third kappa shape index (κ3) is 4.08. The van der Waals surface area contributed by atoms with Gasteiger partial charge in [0.25, 0.3) is 0 Å². The topological polar surface area (TPSA) is 81.4 Å². The second-order valence-corrected chi connectivity index (χ2v) is 3.99. The number of nitrogens with one attached hydrogen (secondary N) is 1. The fourth-order valence-corrected chi connectivity index (χ4v) is 1.50. The maximum atomic E-state index is 11.8. The molecule has 3 N–H and O–H groups in total. The van der Waals surface area contributed by atoms with E-state index >= 15 is 0 Å². The van der Waals surface area contributed by atoms with Gasteiger partial charge in [-0.1, -0.05) is 19.1 Å². The van der Waals surface area contributed by atoms with Crippen molar-refractivity contribution < 1.29 is 14.3 Å². The highest BCUT2D eigenvalue weighted by atomic mass is 16.5. The molecule has 0 heterocycles. The first kappa shape index (κ1) is 14.0. The Balaban J connectivity index is 2.72. The molecule has 0 saturated carbocycles. The van der Waals surface area contributed by atoms with Crippen LogP contribution in [0.3, 0.4) is 0 Å². The van der Waals surface area contributed by atoms with Crippen LogP contribution in [-0.4, -0.2) is 18.4 Å². The summed E-state index contributed by atoms with van der Waals surface area (Å²) in [5.41, 5.74) is 5.66. The SMILES string of the molecule is CCOc1ccccc1NC(=O)C(C)CC(N)=O. The average Bonchev–Trinajstić information content (AvgIpc) is 2.31. The lowest BCUT2D eigenvalue weighted by Crippen LogP contribution is -2.25. The Hall–Kier alpha value is -2.04. The molecule has 0 aliphatic heterocycles. The molecule has 0 aromatic heterocycles. The van der Waals surface area contributed by atoms with Crippen LogP contribution in [0.25, 0.3) is 0 Å². The quantitative estimate of drug-likeness (QED) is 0.803. The van der Waals surface area contributed by atoms with Gasteiger partial charge in [-0.3, -0.25) is 9.59 Å². The van der Waals surface area contributed by atoms with Crippen molar-refractivity contribution in [1.29, 1.82) is 0 Å². The number of carbonyl (C=O) groups is 2. The van der Waals surface area contributed by atoms with Crippen molar-refractivity contribution in [1.82, 2.24) is 0 Å². The molecular formula is C13H18N2O3. The monoisotopic (exact) mass is 250 g/mol. The van der Waals surface area contributed by atoms with E-state index in [4.69, 9.17) is 10.5 Å². The van der Waals surface area contributed by atoms with E-state index in [1.54, 1.807) is 25.1 Å². The predicted molar refractivity (Wildman–Crippen MR) is 69.2 cm³/mol. The minimum Gasteiger partial charge on any atom is -0.492 e. The fraction of sp³-hybridized carbons (Fsp3) is 0.385. The number of nitrogens with two attached hydrogens (primary N) is 1. The molecule has 1 aromatic rings. The average molecular weight is 250 g/mol. The Morgan fingerprint density at radius 3 is 2.67 bits per heavy atom. The largest absolute Gasteiger partial charge is 0.492 e. The number of hydrogen-bond donors (Lipinski definition) is 2. The van der Waals surface area contributed by atoms with Gasteiger partial charge in [-0.05, 0) is 19.1 Å². The number of anilines is 1. The van der Waals surface area contributed by atoms with Gasteiger partial charge < -0.3 is 15.8 Å². The van der Waals surface area contributed by atoms with Crippen LogP contribution in [0.1, 0.15) is 20.3 Å². The van der Waals surface area contributed by atoms with E-state index in [2.05, 4.69) is 5.32 Å². The first-order chi connectivity index (χ1) is 8.54. The standard InChI is InChI=1S/C13H18N2O3/c1-3-18-11-7-5-4-6-10(11)15-13(17)9(2)8-12(14)16/h4-7,9H,3,8H2,1-2H3,(H2,14,16)(H,15,17). The highest BCUT2D eigenvalue weighted by Crippen LogP contribution is 2.24. The highest BCUT2D eigenvalue weighted by Gasteiger charge is 2.16. The van der Waals surface area contributed by atoms with E-state index < -0.39 is 11.8 Å². The van der Waals surface area contributed by atoms with Crippen LogP contribution in [-0.2, 0) is 9.59 Å². The van der Waals surface area contributed by atoms with Crippen molar-refractivity contribution in [2.45, 2.75) is 20.3 Å². The van der Waals surface area contributed by atoms with Crippen LogP contribution in [0.5, 0.6) is 5.75 Å². The number of amides is 2. The lowest BCUT2D eigenvalue weighted by Gasteiger charge is -2.13. The van der Waals surface area contributed by atoms with Crippen LogP contribution in [0, 0.1) is 5.92 Å². The Kier molecular flexibility index (Phi) is 5.17. The van der Waals surface area contributed by atoms with Gasteiger partial charge in [-0.2, -0.15) is 0 Å². The zero-order valence-electron chi connectivity index (χ0n) is 10.6. The van der Waals surface area contributed by atoms with Crippen molar-refractivity contribution in [2.75, 3.05) is 11.9 Å². The molecule has 1 atom stereocenters. The van der Waals surface area contributed by atoms with Gasteiger partial charge in [0.15, 0.2) is 0 Å². The van der Waals surface area contributed by atoms with Crippen molar-refractivity contribution >= 4 is 17.5 Å². The van der Waals surface area contributed by atoms with Gasteiger partial charge >= 0.3 is 0 Å². The van der Waals surface area contributed by atoms with Gasteiger partial charge in [-0.15, -0.1) is 0 Å². The van der Waals surface area contributed by atoms with Crippen molar-refractivity contribution in [3.63, 3.8) is 0 Å². The molecule has 1 aromatic carbocycles. The number of carbonyl (C=O) groups excluding carboxylic acids is 2. The van der Waals surface area contributed by atoms with Crippen molar-refractivity contribution in [3.8, 4) is 5.75 Å². The summed E-state index contributed by atoms with van der Waals surface area (Å²) in [6.07, 6.45) is 0.0304. The number of ether oxygens (including phenoxy) is 1. The normalized spacial score (nSPS) is 11.7. The molecular weight excluding hydrogens is 232 g/mol. The lowest BCUT2D eigenvalue weighted by atomic mass is 10.1. The number of rotatable bonds is 6. The van der Waals surface area contributed by atoms with E-state index in [1.165, 1.54) is 0 Å². The Labute approximate surface area is 106 Å². The smallest absolute Gasteiger partial charge is 0.227 e. The number of primary amides is 1. The molecule has 0 bridgehead atoms. The van der Waals surface area contributed by atoms with Gasteiger partial charge in [0.05, 0.1) is 12.3 Å². The molecule has 1 unspecified atom stereocenters. The fourth-order valence-electron chi connectivity index (χ4n) is 1.50. The second-order valence-electron chi connectivity index (χ2n) is 3.99. The first-order valence-corrected chi connectivity index (χ1v) is 5.85. The summed E-state index contributed by atoms with van der Waals surface area (Å²) < 4.78 is 5.39. The summed E-state index contributed by atoms with van der Waals surface area (Å²) in [7, 11) is 0. The molecule has 0 fully saturated rings. The Bertz CT molecular complexity index is 432. The van der Waals surface area contributed by atoms with Crippen LogP contribution < -0.4 is 15.8 Å². The van der Waals surface area contributed by atoms with Gasteiger partial charge in [-0.25, -0.2) is 0 Å². The molecule has 5 heteroatoms. The maximum absolute atomic E-state index is 11.8. The predicted octanol–water partition coefficient (Wildman–Crippen LogP) is 1.54. The molecule has 18 heavy (non-hydrogen) atoms. The van der Waals surface area contributed by atoms with Crippen molar-refractivity contribution in [2.24, 2.45) is 11.7 Å². The van der Waals surface area contributed by atoms with E-state index in [-0.39, 0.29) is 12.3 Å². The van der Waals surface area contributed by atoms with Crippen LogP contribution in [0.2, 0.25) is 0 Å². The highest BCUT2D eigenvalue weighted by molar-refractivity contribution is 5.95. The summed E-state index contributed by atoms with van der Waals surface area (Å²) in [4.78, 5) is 22.6. The zero-order chi connectivity index (χ0) is 13.5. The summed E-state index contributed by atoms with van der Waals surface area (Å²) in [5, 5.41) is 2.73. The number of hydrogen-bond acceptors (Lipinski definition) is 3. The van der Waals surface area contributed by atoms with Crippen LogP contribution in [0.4, 0.5) is 5.69 Å². The Morgan fingerprint density at radius 1 is 1.39 bits per heavy atom. The zero-order valence-corrected chi connectivity index (χ0v) is 10.6. The van der Waals surface area contributed by atoms with E-state index in [0.29, 0.717) is 18.0 Å². The molecule has 0 radical (unpaired) electrons. The molecule has 5 nitrogen and oxygen atoms in total. The second kappa shape index (κ2) is 6.64. The third-order valence-corrected chi connectivity index (χ3v) is 2.40. The van der Waals surface area contributed by atoms with Gasteiger partial charge in [0, 0.05) is 12.3 Å². The molecule has 98 valence electrons. The molecule has 0 spiro atoms. The van der Waals surface area contributed by atoms with Gasteiger partial charge in [0.2, 0.25) is 11.8 Å². The van der Waals surface area contributed by atoms with E-state index in [0.717, 1.165) is 0 Å². The third-order valence-electron chi connectivity index (χ3n) is 2.40. The minimum atomic E-state index is -0.490. The molecule has 0 aliphatic rings. The number of para-hydroxylation sites is 2. The summed E-state index contributed by atoms with van der Waals surface area (Å²) >= 11 is 0. The molecule has 1 rings (SSSR count). The van der Waals surface area contributed by atoms with Crippen LogP contribution >= 0.6 is 0 Å². The van der Waals surface area contributed by atoms with E-state index in [9.17, 15) is 9.59 Å². The van der Waals surface area contributed by atoms with E-state index in [1.807, 2.05) is 13.0 Å². The summed E-state index contributed by atoms with van der Waals surface area (Å²) in [6, 6.07) is 7.15. The minimum absolute atomic E-state index is 0.0304. The Morgan fingerprint density at radius 2 is 2.06 bits per heavy atom. The van der Waals surface area contributed by atoms with Crippen LogP contribution in [0.15, 0.2) is 24.3 Å².